The molecule has 0 radical (unpaired) electrons. The van der Waals surface area contributed by atoms with Crippen molar-refractivity contribution in [1.29, 1.82) is 0 Å². The van der Waals surface area contributed by atoms with E-state index in [9.17, 15) is 19.8 Å². The number of ether oxygens (including phenoxy) is 1. The van der Waals surface area contributed by atoms with E-state index in [1.54, 1.807) is 32.9 Å². The maximum Gasteiger partial charge on any atom is 0.413 e. The Labute approximate surface area is 126 Å². The normalized spacial score (nSPS) is 11.5. The highest BCUT2D eigenvalue weighted by molar-refractivity contribution is 5.97. The molecule has 8 heteroatoms. The molecule has 118 valence electrons. The summed E-state index contributed by atoms with van der Waals surface area (Å²) in [6.07, 6.45) is 0.716. The molecule has 0 bridgehead atoms. The number of aliphatic hydroxyl groups is 1. The lowest BCUT2D eigenvalue weighted by atomic mass is 10.2. The van der Waals surface area contributed by atoms with Gasteiger partial charge in [0.2, 0.25) is 0 Å². The number of carbonyl (C=O) groups excluding carboxylic acids is 1. The van der Waals surface area contributed by atoms with Crippen molar-refractivity contribution in [1.82, 2.24) is 9.38 Å². The van der Waals surface area contributed by atoms with Crippen LogP contribution in [0.25, 0.3) is 5.65 Å². The number of anilines is 1. The van der Waals surface area contributed by atoms with Crippen molar-refractivity contribution >= 4 is 23.5 Å². The number of hydrogen-bond acceptors (Lipinski definition) is 5. The van der Waals surface area contributed by atoms with Crippen molar-refractivity contribution in [2.24, 2.45) is 0 Å². The summed E-state index contributed by atoms with van der Waals surface area (Å²) in [4.78, 5) is 27.1. The molecule has 0 saturated heterocycles. The lowest BCUT2D eigenvalue weighted by molar-refractivity contribution is 0.0635. The molecule has 0 fully saturated rings. The van der Waals surface area contributed by atoms with Crippen LogP contribution in [0.1, 0.15) is 36.8 Å². The summed E-state index contributed by atoms with van der Waals surface area (Å²) < 4.78 is 6.51. The van der Waals surface area contributed by atoms with Gasteiger partial charge >= 0.3 is 12.1 Å². The Morgan fingerprint density at radius 2 is 2.05 bits per heavy atom. The van der Waals surface area contributed by atoms with Crippen molar-refractivity contribution in [2.75, 3.05) is 5.32 Å². The summed E-state index contributed by atoms with van der Waals surface area (Å²) >= 11 is 0. The average Bonchev–Trinajstić information content (AvgIpc) is 2.74. The van der Waals surface area contributed by atoms with Gasteiger partial charge in [-0.25, -0.2) is 14.6 Å². The molecule has 2 heterocycles. The van der Waals surface area contributed by atoms with E-state index >= 15 is 0 Å². The lowest BCUT2D eigenvalue weighted by Gasteiger charge is -2.19. The van der Waals surface area contributed by atoms with E-state index in [1.807, 2.05) is 0 Å². The quantitative estimate of drug-likeness (QED) is 0.797. The molecule has 0 aliphatic rings. The summed E-state index contributed by atoms with van der Waals surface area (Å²) in [7, 11) is 0. The van der Waals surface area contributed by atoms with Gasteiger partial charge in [-0.05, 0) is 32.4 Å². The first-order valence-corrected chi connectivity index (χ1v) is 6.56. The highest BCUT2D eigenvalue weighted by atomic mass is 16.6. The monoisotopic (exact) mass is 307 g/mol. The first kappa shape index (κ1) is 15.8. The smallest absolute Gasteiger partial charge is 0.413 e. The number of carboxylic acids is 1. The minimum atomic E-state index is -1.28. The minimum Gasteiger partial charge on any atom is -0.476 e. The van der Waals surface area contributed by atoms with E-state index < -0.39 is 17.7 Å². The van der Waals surface area contributed by atoms with E-state index in [1.165, 1.54) is 10.6 Å². The van der Waals surface area contributed by atoms with E-state index in [-0.39, 0.29) is 18.1 Å². The number of carbonyl (C=O) groups is 2. The standard InChI is InChI=1S/C14H17N3O5/c1-14(2,3)22-13(21)16-11-10(12(19)20)15-9-5-4-8(7-18)6-17(9)11/h4-6,18H,7H2,1-3H3,(H,16,21)(H,19,20). The van der Waals surface area contributed by atoms with Crippen LogP contribution in [0, 0.1) is 0 Å². The number of carboxylic acid groups (broad SMARTS) is 1. The third-order valence-electron chi connectivity index (χ3n) is 2.68. The first-order valence-electron chi connectivity index (χ1n) is 6.56. The van der Waals surface area contributed by atoms with Crippen LogP contribution in [0.2, 0.25) is 0 Å². The SMILES string of the molecule is CC(C)(C)OC(=O)Nc1c(C(=O)O)nc2ccc(CO)cn12. The number of nitrogens with zero attached hydrogens (tertiary/aromatic N) is 2. The highest BCUT2D eigenvalue weighted by Gasteiger charge is 2.23. The molecular weight excluding hydrogens is 290 g/mol. The summed E-state index contributed by atoms with van der Waals surface area (Å²) in [6, 6.07) is 3.17. The summed E-state index contributed by atoms with van der Waals surface area (Å²) in [5.41, 5.74) is -0.139. The molecule has 0 aliphatic carbocycles. The van der Waals surface area contributed by atoms with Gasteiger partial charge in [-0.3, -0.25) is 9.72 Å². The van der Waals surface area contributed by atoms with Crippen molar-refractivity contribution in [2.45, 2.75) is 33.0 Å². The number of aromatic carboxylic acids is 1. The molecular formula is C14H17N3O5. The molecule has 0 aliphatic heterocycles. The van der Waals surface area contributed by atoms with Gasteiger partial charge < -0.3 is 14.9 Å². The first-order chi connectivity index (χ1) is 10.2. The second-order valence-corrected chi connectivity index (χ2v) is 5.66. The topological polar surface area (TPSA) is 113 Å². The molecule has 22 heavy (non-hydrogen) atoms. The van der Waals surface area contributed by atoms with E-state index in [0.717, 1.165) is 0 Å². The maximum absolute atomic E-state index is 11.9. The number of amides is 1. The predicted octanol–water partition coefficient (Wildman–Crippen LogP) is 1.87. The summed E-state index contributed by atoms with van der Waals surface area (Å²) in [5, 5.41) is 20.8. The summed E-state index contributed by atoms with van der Waals surface area (Å²) in [5.74, 6) is -1.30. The third kappa shape index (κ3) is 3.34. The molecule has 8 nitrogen and oxygen atoms in total. The number of nitrogens with one attached hydrogen (secondary N) is 1. The zero-order chi connectivity index (χ0) is 16.5. The van der Waals surface area contributed by atoms with Crippen molar-refractivity contribution in [3.8, 4) is 0 Å². The van der Waals surface area contributed by atoms with Crippen LogP contribution >= 0.6 is 0 Å². The van der Waals surface area contributed by atoms with E-state index in [2.05, 4.69) is 10.3 Å². The minimum absolute atomic E-state index is 0.0212. The number of imidazole rings is 1. The molecule has 0 saturated carbocycles. The molecule has 1 amide bonds. The van der Waals surface area contributed by atoms with Gasteiger partial charge in [-0.2, -0.15) is 0 Å². The maximum atomic E-state index is 11.9. The van der Waals surface area contributed by atoms with Crippen LogP contribution in [0.3, 0.4) is 0 Å². The van der Waals surface area contributed by atoms with Gasteiger partial charge in [0.15, 0.2) is 11.5 Å². The van der Waals surface area contributed by atoms with Crippen LogP contribution in [0.4, 0.5) is 10.6 Å². The van der Waals surface area contributed by atoms with Gasteiger partial charge in [-0.1, -0.05) is 6.07 Å². The zero-order valence-corrected chi connectivity index (χ0v) is 12.5. The Hall–Kier alpha value is -2.61. The van der Waals surface area contributed by atoms with E-state index in [4.69, 9.17) is 4.74 Å². The fourth-order valence-electron chi connectivity index (χ4n) is 1.85. The van der Waals surface area contributed by atoms with E-state index in [0.29, 0.717) is 11.2 Å². The predicted molar refractivity (Wildman–Crippen MR) is 77.9 cm³/mol. The van der Waals surface area contributed by atoms with Crippen LogP contribution < -0.4 is 5.32 Å². The Kier molecular flexibility index (Phi) is 4.05. The Balaban J connectivity index is 2.47. The average molecular weight is 307 g/mol. The molecule has 2 aromatic heterocycles. The number of rotatable bonds is 3. The second-order valence-electron chi connectivity index (χ2n) is 5.66. The van der Waals surface area contributed by atoms with Crippen LogP contribution in [-0.2, 0) is 11.3 Å². The van der Waals surface area contributed by atoms with Gasteiger partial charge in [-0.15, -0.1) is 0 Å². The Morgan fingerprint density at radius 1 is 1.36 bits per heavy atom. The largest absolute Gasteiger partial charge is 0.476 e. The molecule has 2 aromatic rings. The van der Waals surface area contributed by atoms with Gasteiger partial charge in [0.1, 0.15) is 11.2 Å². The van der Waals surface area contributed by atoms with Gasteiger partial charge in [0.25, 0.3) is 0 Å². The van der Waals surface area contributed by atoms with Crippen molar-refractivity contribution in [3.63, 3.8) is 0 Å². The molecule has 0 unspecified atom stereocenters. The number of pyridine rings is 1. The number of aliphatic hydroxyl groups excluding tert-OH is 1. The van der Waals surface area contributed by atoms with Crippen molar-refractivity contribution < 1.29 is 24.5 Å². The fraction of sp³-hybridized carbons (Fsp3) is 0.357. The summed E-state index contributed by atoms with van der Waals surface area (Å²) in [6.45, 7) is 4.87. The molecule has 0 atom stereocenters. The van der Waals surface area contributed by atoms with Gasteiger partial charge in [0.05, 0.1) is 6.61 Å². The van der Waals surface area contributed by atoms with Crippen LogP contribution in [0.15, 0.2) is 18.3 Å². The fourth-order valence-corrected chi connectivity index (χ4v) is 1.85. The van der Waals surface area contributed by atoms with Crippen molar-refractivity contribution in [3.05, 3.63) is 29.6 Å². The molecule has 0 aromatic carbocycles. The second kappa shape index (κ2) is 5.64. The van der Waals surface area contributed by atoms with Gasteiger partial charge in [0, 0.05) is 6.20 Å². The molecule has 3 N–H and O–H groups in total. The number of fused-ring (bicyclic) bond motifs is 1. The Morgan fingerprint density at radius 3 is 2.59 bits per heavy atom. The zero-order valence-electron chi connectivity index (χ0n) is 12.5. The number of hydrogen-bond donors (Lipinski definition) is 3. The Bertz CT molecular complexity index is 730. The highest BCUT2D eigenvalue weighted by Crippen LogP contribution is 2.20. The third-order valence-corrected chi connectivity index (χ3v) is 2.68. The van der Waals surface area contributed by atoms with Crippen LogP contribution in [-0.4, -0.2) is 37.3 Å². The molecule has 0 spiro atoms. The van der Waals surface area contributed by atoms with Crippen LogP contribution in [0.5, 0.6) is 0 Å². The number of aromatic nitrogens is 2. The molecule has 2 rings (SSSR count). The lowest BCUT2D eigenvalue weighted by Crippen LogP contribution is -2.28.